The van der Waals surface area contributed by atoms with Crippen LogP contribution in [0.15, 0.2) is 47.4 Å². The van der Waals surface area contributed by atoms with E-state index in [0.29, 0.717) is 16.8 Å². The molecule has 0 bridgehead atoms. The smallest absolute Gasteiger partial charge is 0.424 e. The van der Waals surface area contributed by atoms with E-state index >= 15 is 0 Å². The summed E-state index contributed by atoms with van der Waals surface area (Å²) in [4.78, 5) is 12.5. The highest BCUT2D eigenvalue weighted by atomic mass is 32.2. The van der Waals surface area contributed by atoms with Gasteiger partial charge in [0.2, 0.25) is 0 Å². The molecular weight excluding hydrogens is 340 g/mol. The van der Waals surface area contributed by atoms with Crippen LogP contribution in [-0.4, -0.2) is 24.4 Å². The molecule has 0 fully saturated rings. The average molecular weight is 360 g/mol. The number of hydrogen-bond donors (Lipinski definition) is 1. The fourth-order valence-electron chi connectivity index (χ4n) is 2.73. The van der Waals surface area contributed by atoms with Crippen LogP contribution in [0, 0.1) is 0 Å². The molecule has 25 heavy (non-hydrogen) atoms. The van der Waals surface area contributed by atoms with Crippen LogP contribution >= 0.6 is 0 Å². The van der Waals surface area contributed by atoms with E-state index < -0.39 is 21.7 Å². The highest BCUT2D eigenvalue weighted by Crippen LogP contribution is 2.38. The minimum absolute atomic E-state index is 0.0323. The third-order valence-electron chi connectivity index (χ3n) is 3.78. The second-order valence-electron chi connectivity index (χ2n) is 6.91. The molecule has 132 valence electrons. The molecule has 2 N–H and O–H groups in total. The first-order chi connectivity index (χ1) is 11.6. The number of nitrogens with zero attached hydrogens (tertiary/aromatic N) is 1. The van der Waals surface area contributed by atoms with Gasteiger partial charge < -0.3 is 10.5 Å². The van der Waals surface area contributed by atoms with E-state index in [1.54, 1.807) is 63.2 Å². The van der Waals surface area contributed by atoms with Crippen molar-refractivity contribution in [3.63, 3.8) is 0 Å². The Hall–Kier alpha value is -2.54. The van der Waals surface area contributed by atoms with Crippen LogP contribution in [-0.2, 0) is 21.3 Å². The van der Waals surface area contributed by atoms with Gasteiger partial charge in [0, 0.05) is 11.3 Å². The molecule has 0 aromatic heterocycles. The molecule has 6 nitrogen and oxygen atoms in total. The highest BCUT2D eigenvalue weighted by Gasteiger charge is 2.42. The van der Waals surface area contributed by atoms with Crippen molar-refractivity contribution in [1.29, 1.82) is 0 Å². The van der Waals surface area contributed by atoms with Gasteiger partial charge in [-0.25, -0.2) is 13.2 Å². The van der Waals surface area contributed by atoms with Crippen molar-refractivity contribution in [2.45, 2.75) is 37.8 Å². The minimum atomic E-state index is -3.98. The molecule has 0 atom stereocenters. The maximum absolute atomic E-state index is 13.0. The topological polar surface area (TPSA) is 89.7 Å². The van der Waals surface area contributed by atoms with Gasteiger partial charge in [0.1, 0.15) is 10.5 Å². The second-order valence-corrected chi connectivity index (χ2v) is 8.71. The largest absolute Gasteiger partial charge is 0.443 e. The fourth-order valence-corrected chi connectivity index (χ4v) is 4.42. The van der Waals surface area contributed by atoms with Crippen LogP contribution in [0.3, 0.4) is 0 Å². The Morgan fingerprint density at radius 2 is 1.76 bits per heavy atom. The lowest BCUT2D eigenvalue weighted by Crippen LogP contribution is -2.37. The Morgan fingerprint density at radius 1 is 1.12 bits per heavy atom. The second kappa shape index (κ2) is 5.77. The lowest BCUT2D eigenvalue weighted by molar-refractivity contribution is 0.0388. The number of hydrogen-bond acceptors (Lipinski definition) is 5. The predicted octanol–water partition coefficient (Wildman–Crippen LogP) is 3.38. The number of sulfonamides is 1. The third-order valence-corrected chi connectivity index (χ3v) is 5.63. The van der Waals surface area contributed by atoms with Crippen molar-refractivity contribution in [2.24, 2.45) is 0 Å². The Balaban J connectivity index is 2.07. The monoisotopic (exact) mass is 360 g/mol. The lowest BCUT2D eigenvalue weighted by atomic mass is 10.0. The van der Waals surface area contributed by atoms with Gasteiger partial charge in [-0.15, -0.1) is 0 Å². The first-order valence-corrected chi connectivity index (χ1v) is 9.27. The molecule has 3 rings (SSSR count). The van der Waals surface area contributed by atoms with E-state index in [4.69, 9.17) is 10.5 Å². The summed E-state index contributed by atoms with van der Waals surface area (Å²) in [5.74, 6) is 0. The molecule has 0 saturated heterocycles. The van der Waals surface area contributed by atoms with Crippen LogP contribution in [0.1, 0.15) is 26.3 Å². The summed E-state index contributed by atoms with van der Waals surface area (Å²) in [6, 6.07) is 12.1. The van der Waals surface area contributed by atoms with Crippen LogP contribution in [0.25, 0.3) is 11.1 Å². The van der Waals surface area contributed by atoms with Crippen LogP contribution in [0.5, 0.6) is 0 Å². The van der Waals surface area contributed by atoms with Gasteiger partial charge in [0.05, 0.1) is 6.54 Å². The summed E-state index contributed by atoms with van der Waals surface area (Å²) in [7, 11) is -3.98. The molecule has 0 aliphatic carbocycles. The van der Waals surface area contributed by atoms with Gasteiger partial charge in [-0.05, 0) is 44.0 Å². The number of amides is 1. The van der Waals surface area contributed by atoms with Crippen molar-refractivity contribution < 1.29 is 17.9 Å². The molecule has 0 radical (unpaired) electrons. The SMILES string of the molecule is CC(C)(C)OC(=O)N1Cc2cccc(-c3ccc(N)cc3)c2S1(=O)=O. The van der Waals surface area contributed by atoms with Gasteiger partial charge in [-0.3, -0.25) is 0 Å². The summed E-state index contributed by atoms with van der Waals surface area (Å²) in [6.07, 6.45) is -0.869. The van der Waals surface area contributed by atoms with Crippen LogP contribution in [0.2, 0.25) is 0 Å². The number of nitrogen functional groups attached to an aromatic ring is 1. The molecule has 2 aromatic carbocycles. The fraction of sp³-hybridized carbons (Fsp3) is 0.278. The molecule has 1 aliphatic heterocycles. The molecule has 0 spiro atoms. The molecule has 1 amide bonds. The first-order valence-electron chi connectivity index (χ1n) is 7.83. The Bertz CT molecular complexity index is 929. The van der Waals surface area contributed by atoms with E-state index in [0.717, 1.165) is 9.87 Å². The number of nitrogens with two attached hydrogens (primary N) is 1. The quantitative estimate of drug-likeness (QED) is 0.788. The first kappa shape index (κ1) is 17.3. The highest BCUT2D eigenvalue weighted by molar-refractivity contribution is 7.90. The zero-order valence-corrected chi connectivity index (χ0v) is 15.1. The summed E-state index contributed by atoms with van der Waals surface area (Å²) >= 11 is 0. The van der Waals surface area contributed by atoms with Gasteiger partial charge in [-0.2, -0.15) is 4.31 Å². The Morgan fingerprint density at radius 3 is 2.36 bits per heavy atom. The normalized spacial score (nSPS) is 15.7. The molecule has 0 unspecified atom stereocenters. The summed E-state index contributed by atoms with van der Waals surface area (Å²) in [5.41, 5.74) is 7.36. The summed E-state index contributed by atoms with van der Waals surface area (Å²) < 4.78 is 32.0. The average Bonchev–Trinajstić information content (AvgIpc) is 2.78. The van der Waals surface area contributed by atoms with Crippen LogP contribution < -0.4 is 5.73 Å². The van der Waals surface area contributed by atoms with E-state index in [2.05, 4.69) is 0 Å². The van der Waals surface area contributed by atoms with Gasteiger partial charge in [0.15, 0.2) is 0 Å². The maximum Gasteiger partial charge on any atom is 0.424 e. The maximum atomic E-state index is 13.0. The van der Waals surface area contributed by atoms with Gasteiger partial charge in [0.25, 0.3) is 10.0 Å². The minimum Gasteiger partial charge on any atom is -0.443 e. The molecule has 1 aliphatic rings. The van der Waals surface area contributed by atoms with Crippen molar-refractivity contribution in [3.8, 4) is 11.1 Å². The van der Waals surface area contributed by atoms with Gasteiger partial charge >= 0.3 is 6.09 Å². The van der Waals surface area contributed by atoms with Gasteiger partial charge in [-0.1, -0.05) is 30.3 Å². The van der Waals surface area contributed by atoms with E-state index in [9.17, 15) is 13.2 Å². The number of carbonyl (C=O) groups is 1. The van der Waals surface area contributed by atoms with Crippen molar-refractivity contribution in [3.05, 3.63) is 48.0 Å². The van der Waals surface area contributed by atoms with E-state index in [-0.39, 0.29) is 11.4 Å². The molecule has 7 heteroatoms. The Labute approximate surface area is 147 Å². The zero-order chi connectivity index (χ0) is 18.4. The molecule has 0 saturated carbocycles. The standard InChI is InChI=1S/C18H20N2O4S/c1-18(2,3)24-17(21)20-11-13-5-4-6-15(16(13)25(20,22)23)12-7-9-14(19)10-8-12/h4-10H,11,19H2,1-3H3. The number of carbonyl (C=O) groups excluding carboxylic acids is 1. The van der Waals surface area contributed by atoms with Crippen molar-refractivity contribution in [1.82, 2.24) is 4.31 Å². The van der Waals surface area contributed by atoms with Crippen molar-refractivity contribution in [2.75, 3.05) is 5.73 Å². The summed E-state index contributed by atoms with van der Waals surface area (Å²) in [6.45, 7) is 5.05. The number of ether oxygens (including phenoxy) is 1. The third kappa shape index (κ3) is 3.19. The van der Waals surface area contributed by atoms with Crippen LogP contribution in [0.4, 0.5) is 10.5 Å². The number of benzene rings is 2. The number of fused-ring (bicyclic) bond motifs is 1. The number of rotatable bonds is 1. The lowest BCUT2D eigenvalue weighted by Gasteiger charge is -2.23. The Kier molecular flexibility index (Phi) is 3.99. The number of anilines is 1. The van der Waals surface area contributed by atoms with Crippen molar-refractivity contribution >= 4 is 21.8 Å². The molecular formula is C18H20N2O4S. The predicted molar refractivity (Wildman–Crippen MR) is 95.3 cm³/mol. The van der Waals surface area contributed by atoms with E-state index in [1.807, 2.05) is 0 Å². The molecule has 2 aromatic rings. The zero-order valence-electron chi connectivity index (χ0n) is 14.3. The summed E-state index contributed by atoms with van der Waals surface area (Å²) in [5, 5.41) is 0. The van der Waals surface area contributed by atoms with E-state index in [1.165, 1.54) is 0 Å². The molecule has 1 heterocycles.